The van der Waals surface area contributed by atoms with Crippen molar-refractivity contribution in [3.8, 4) is 17.6 Å². The van der Waals surface area contributed by atoms with E-state index in [0.717, 1.165) is 0 Å². The smallest absolute Gasteiger partial charge is 0.315 e. The minimum atomic E-state index is -1.06. The van der Waals surface area contributed by atoms with Crippen LogP contribution in [0.5, 0.6) is 11.5 Å². The fourth-order valence-electron chi connectivity index (χ4n) is 3.21. The Bertz CT molecular complexity index is 1040. The Balaban J connectivity index is 1.81. The van der Waals surface area contributed by atoms with Crippen LogP contribution in [0.2, 0.25) is 5.02 Å². The van der Waals surface area contributed by atoms with Gasteiger partial charge in [-0.05, 0) is 41.8 Å². The lowest BCUT2D eigenvalue weighted by atomic mass is 9.88. The van der Waals surface area contributed by atoms with Gasteiger partial charge in [0, 0.05) is 10.6 Å². The molecule has 0 aliphatic carbocycles. The third-order valence-corrected chi connectivity index (χ3v) is 5.00. The monoisotopic (exact) mass is 419 g/mol. The van der Waals surface area contributed by atoms with Crippen molar-refractivity contribution in [2.45, 2.75) is 25.9 Å². The molecule has 3 rings (SSSR count). The fraction of sp³-hybridized carbons (Fsp3) is 0.200. The van der Waals surface area contributed by atoms with Crippen LogP contribution in [0.25, 0.3) is 0 Å². The van der Waals surface area contributed by atoms with E-state index in [-0.39, 0.29) is 5.92 Å². The molecule has 0 aliphatic rings. The van der Waals surface area contributed by atoms with Gasteiger partial charge >= 0.3 is 5.97 Å². The van der Waals surface area contributed by atoms with Gasteiger partial charge < -0.3 is 9.47 Å². The largest absolute Gasteiger partial charge is 0.457 e. The number of carbonyl (C=O) groups excluding carboxylic acids is 1. The minimum Gasteiger partial charge on any atom is -0.457 e. The van der Waals surface area contributed by atoms with E-state index in [4.69, 9.17) is 21.1 Å². The van der Waals surface area contributed by atoms with Crippen molar-refractivity contribution in [1.82, 2.24) is 0 Å². The molecule has 0 aliphatic heterocycles. The van der Waals surface area contributed by atoms with Gasteiger partial charge in [-0.25, -0.2) is 0 Å². The number of ether oxygens (including phenoxy) is 2. The second-order valence-electron chi connectivity index (χ2n) is 7.18. The Morgan fingerprint density at radius 3 is 2.27 bits per heavy atom. The van der Waals surface area contributed by atoms with Crippen LogP contribution < -0.4 is 4.74 Å². The molecule has 0 spiro atoms. The number of nitrogens with zero attached hydrogens (tertiary/aromatic N) is 1. The SMILES string of the molecule is CC(C)[C@@H](C(=O)O[C@@H](C#N)c1cccc(Oc2ccccc2)c1)c1ccccc1Cl. The van der Waals surface area contributed by atoms with Crippen LogP contribution in [-0.2, 0) is 9.53 Å². The third-order valence-electron chi connectivity index (χ3n) is 4.65. The Labute approximate surface area is 181 Å². The summed E-state index contributed by atoms with van der Waals surface area (Å²) in [7, 11) is 0. The van der Waals surface area contributed by atoms with Gasteiger partial charge in [0.2, 0.25) is 6.10 Å². The molecule has 152 valence electrons. The van der Waals surface area contributed by atoms with E-state index in [9.17, 15) is 10.1 Å². The average molecular weight is 420 g/mol. The fourth-order valence-corrected chi connectivity index (χ4v) is 3.46. The summed E-state index contributed by atoms with van der Waals surface area (Å²) < 4.78 is 11.4. The van der Waals surface area contributed by atoms with Crippen LogP contribution in [0.4, 0.5) is 0 Å². The van der Waals surface area contributed by atoms with Crippen LogP contribution >= 0.6 is 11.6 Å². The van der Waals surface area contributed by atoms with E-state index < -0.39 is 18.0 Å². The Hall–Kier alpha value is -3.29. The van der Waals surface area contributed by atoms with Crippen molar-refractivity contribution in [2.24, 2.45) is 5.92 Å². The predicted molar refractivity (Wildman–Crippen MR) is 116 cm³/mol. The molecule has 0 aromatic heterocycles. The lowest BCUT2D eigenvalue weighted by molar-refractivity contribution is -0.150. The van der Waals surface area contributed by atoms with E-state index in [1.165, 1.54) is 0 Å². The van der Waals surface area contributed by atoms with E-state index >= 15 is 0 Å². The summed E-state index contributed by atoms with van der Waals surface area (Å²) in [5.41, 5.74) is 1.23. The van der Waals surface area contributed by atoms with Crippen molar-refractivity contribution in [1.29, 1.82) is 5.26 Å². The van der Waals surface area contributed by atoms with Gasteiger partial charge in [-0.1, -0.05) is 74.0 Å². The molecule has 0 amide bonds. The highest BCUT2D eigenvalue weighted by Gasteiger charge is 2.30. The molecule has 4 nitrogen and oxygen atoms in total. The van der Waals surface area contributed by atoms with Gasteiger partial charge in [0.15, 0.2) is 0 Å². The van der Waals surface area contributed by atoms with Crippen LogP contribution in [0.1, 0.15) is 37.0 Å². The summed E-state index contributed by atoms with van der Waals surface area (Å²) in [5.74, 6) is 0.127. The second kappa shape index (κ2) is 9.96. The summed E-state index contributed by atoms with van der Waals surface area (Å²) in [4.78, 5) is 13.0. The maximum atomic E-state index is 13.0. The molecule has 0 heterocycles. The van der Waals surface area contributed by atoms with Gasteiger partial charge in [-0.15, -0.1) is 0 Å². The number of halogens is 1. The lowest BCUT2D eigenvalue weighted by Gasteiger charge is -2.22. The zero-order valence-corrected chi connectivity index (χ0v) is 17.5. The number of hydrogen-bond donors (Lipinski definition) is 0. The second-order valence-corrected chi connectivity index (χ2v) is 7.58. The highest BCUT2D eigenvalue weighted by atomic mass is 35.5. The number of benzene rings is 3. The molecule has 5 heteroatoms. The van der Waals surface area contributed by atoms with Crippen LogP contribution in [0.3, 0.4) is 0 Å². The van der Waals surface area contributed by atoms with E-state index in [1.54, 1.807) is 30.3 Å². The summed E-state index contributed by atoms with van der Waals surface area (Å²) in [6.45, 7) is 3.84. The zero-order chi connectivity index (χ0) is 21.5. The van der Waals surface area contributed by atoms with Crippen molar-refractivity contribution >= 4 is 17.6 Å². The normalized spacial score (nSPS) is 12.6. The van der Waals surface area contributed by atoms with Gasteiger partial charge in [-0.2, -0.15) is 5.26 Å². The van der Waals surface area contributed by atoms with Gasteiger partial charge in [0.25, 0.3) is 0 Å². The van der Waals surface area contributed by atoms with Gasteiger partial charge in [-0.3, -0.25) is 4.79 Å². The quantitative estimate of drug-likeness (QED) is 0.401. The highest BCUT2D eigenvalue weighted by Crippen LogP contribution is 2.33. The molecular formula is C25H22ClNO3. The molecule has 0 radical (unpaired) electrons. The van der Waals surface area contributed by atoms with Crippen molar-refractivity contribution < 1.29 is 14.3 Å². The molecule has 0 unspecified atom stereocenters. The van der Waals surface area contributed by atoms with Gasteiger partial charge in [0.05, 0.1) is 5.92 Å². The topological polar surface area (TPSA) is 59.3 Å². The molecule has 3 aromatic carbocycles. The first-order valence-corrected chi connectivity index (χ1v) is 10.0. The predicted octanol–water partition coefficient (Wildman–Crippen LogP) is 6.68. The zero-order valence-electron chi connectivity index (χ0n) is 16.8. The Morgan fingerprint density at radius 1 is 0.933 bits per heavy atom. The van der Waals surface area contributed by atoms with Gasteiger partial charge in [0.1, 0.15) is 17.6 Å². The molecule has 0 bridgehead atoms. The molecule has 0 fully saturated rings. The van der Waals surface area contributed by atoms with Crippen molar-refractivity contribution in [2.75, 3.05) is 0 Å². The molecule has 0 N–H and O–H groups in total. The highest BCUT2D eigenvalue weighted by molar-refractivity contribution is 6.31. The number of carbonyl (C=O) groups is 1. The first-order valence-electron chi connectivity index (χ1n) is 9.67. The van der Waals surface area contributed by atoms with Crippen LogP contribution in [0, 0.1) is 17.2 Å². The summed E-state index contributed by atoms with van der Waals surface area (Å²) in [6, 6.07) is 25.6. The summed E-state index contributed by atoms with van der Waals surface area (Å²) >= 11 is 6.30. The number of para-hydroxylation sites is 1. The summed E-state index contributed by atoms with van der Waals surface area (Å²) in [6.07, 6.45) is -1.06. The number of hydrogen-bond acceptors (Lipinski definition) is 4. The Kier molecular flexibility index (Phi) is 7.11. The van der Waals surface area contributed by atoms with E-state index in [2.05, 4.69) is 6.07 Å². The lowest BCUT2D eigenvalue weighted by Crippen LogP contribution is -2.23. The molecule has 0 saturated heterocycles. The van der Waals surface area contributed by atoms with Crippen LogP contribution in [-0.4, -0.2) is 5.97 Å². The minimum absolute atomic E-state index is 0.0514. The molecule has 3 aromatic rings. The standard InChI is InChI=1S/C25H22ClNO3/c1-17(2)24(21-13-6-7-14-22(21)26)25(28)30-23(16-27)18-9-8-12-20(15-18)29-19-10-4-3-5-11-19/h3-15,17,23-24H,1-2H3/t23-,24+/m0/s1. The maximum absolute atomic E-state index is 13.0. The first kappa shape index (κ1) is 21.4. The number of esters is 1. The van der Waals surface area contributed by atoms with E-state index in [0.29, 0.717) is 27.6 Å². The molecule has 30 heavy (non-hydrogen) atoms. The molecular weight excluding hydrogens is 398 g/mol. The average Bonchev–Trinajstić information content (AvgIpc) is 2.74. The number of rotatable bonds is 7. The number of nitriles is 1. The summed E-state index contributed by atoms with van der Waals surface area (Å²) in [5, 5.41) is 10.2. The van der Waals surface area contributed by atoms with Crippen molar-refractivity contribution in [3.05, 3.63) is 95.0 Å². The van der Waals surface area contributed by atoms with E-state index in [1.807, 2.05) is 62.4 Å². The Morgan fingerprint density at radius 2 is 1.60 bits per heavy atom. The maximum Gasteiger partial charge on any atom is 0.315 e. The first-order chi connectivity index (χ1) is 14.5. The third kappa shape index (κ3) is 5.20. The molecule has 0 saturated carbocycles. The van der Waals surface area contributed by atoms with Crippen molar-refractivity contribution in [3.63, 3.8) is 0 Å². The van der Waals surface area contributed by atoms with Crippen LogP contribution in [0.15, 0.2) is 78.9 Å². The molecule has 2 atom stereocenters.